The van der Waals surface area contributed by atoms with Gasteiger partial charge in [-0.2, -0.15) is 0 Å². The van der Waals surface area contributed by atoms with E-state index in [2.05, 4.69) is 20.8 Å². The van der Waals surface area contributed by atoms with Crippen LogP contribution in [0.25, 0.3) is 0 Å². The van der Waals surface area contributed by atoms with Crippen molar-refractivity contribution >= 4 is 35.0 Å². The summed E-state index contributed by atoms with van der Waals surface area (Å²) in [5.74, 6) is 1.58. The molecule has 2 nitrogen and oxygen atoms in total. The number of amides is 1. The minimum absolute atomic E-state index is 0.0535. The molecule has 1 aromatic carbocycles. The number of halogens is 1. The molecule has 3 rings (SSSR count). The van der Waals surface area contributed by atoms with Crippen LogP contribution in [0.15, 0.2) is 24.3 Å². The summed E-state index contributed by atoms with van der Waals surface area (Å²) in [6.07, 6.45) is 5.80. The Balaban J connectivity index is 1.83. The third-order valence-electron chi connectivity index (χ3n) is 5.97. The van der Waals surface area contributed by atoms with Crippen molar-refractivity contribution in [2.75, 3.05) is 10.7 Å². The largest absolute Gasteiger partial charge is 0.296 e. The number of carbonyl (C=O) groups is 1. The number of nitrogens with zero attached hydrogens (tertiary/aromatic N) is 1. The minimum atomic E-state index is -0.0535. The van der Waals surface area contributed by atoms with E-state index in [9.17, 15) is 4.79 Å². The Labute approximate surface area is 149 Å². The molecule has 1 heterocycles. The zero-order valence-electron chi connectivity index (χ0n) is 14.3. The second-order valence-corrected chi connectivity index (χ2v) is 9.33. The summed E-state index contributed by atoms with van der Waals surface area (Å²) < 4.78 is 0. The van der Waals surface area contributed by atoms with Crippen molar-refractivity contribution in [1.82, 2.24) is 0 Å². The monoisotopic (exact) mass is 351 g/mol. The van der Waals surface area contributed by atoms with E-state index in [1.165, 1.54) is 19.3 Å². The van der Waals surface area contributed by atoms with Gasteiger partial charge in [0.1, 0.15) is 0 Å². The average Bonchev–Trinajstić information content (AvgIpc) is 2.84. The van der Waals surface area contributed by atoms with E-state index in [-0.39, 0.29) is 10.8 Å². The molecule has 1 amide bonds. The highest BCUT2D eigenvalue weighted by Crippen LogP contribution is 2.53. The topological polar surface area (TPSA) is 20.3 Å². The van der Waals surface area contributed by atoms with Crippen molar-refractivity contribution in [2.24, 2.45) is 11.3 Å². The Kier molecular flexibility index (Phi) is 4.72. The molecule has 0 atom stereocenters. The molecule has 0 radical (unpaired) electrons. The van der Waals surface area contributed by atoms with Gasteiger partial charge < -0.3 is 0 Å². The van der Waals surface area contributed by atoms with Gasteiger partial charge in [0, 0.05) is 10.7 Å². The van der Waals surface area contributed by atoms with Gasteiger partial charge in [-0.1, -0.05) is 44.9 Å². The first-order valence-electron chi connectivity index (χ1n) is 8.60. The maximum Gasteiger partial charge on any atom is 0.238 e. The Morgan fingerprint density at radius 3 is 2.65 bits per heavy atom. The fourth-order valence-corrected chi connectivity index (χ4v) is 5.62. The van der Waals surface area contributed by atoms with Gasteiger partial charge in [0.15, 0.2) is 0 Å². The first-order valence-corrected chi connectivity index (χ1v) is 9.97. The number of hydrogen-bond donors (Lipinski definition) is 0. The molecule has 1 spiro atoms. The van der Waals surface area contributed by atoms with Gasteiger partial charge in [0.25, 0.3) is 0 Å². The van der Waals surface area contributed by atoms with Crippen LogP contribution < -0.4 is 4.90 Å². The first kappa shape index (κ1) is 17.2. The number of anilines is 1. The van der Waals surface area contributed by atoms with Crippen molar-refractivity contribution in [1.29, 1.82) is 0 Å². The highest BCUT2D eigenvalue weighted by atomic mass is 35.5. The minimum Gasteiger partial charge on any atom is -0.296 e. The van der Waals surface area contributed by atoms with Crippen LogP contribution in [0.5, 0.6) is 0 Å². The zero-order chi connectivity index (χ0) is 16.7. The molecule has 4 heteroatoms. The van der Waals surface area contributed by atoms with Crippen LogP contribution in [0, 0.1) is 11.3 Å². The van der Waals surface area contributed by atoms with Crippen molar-refractivity contribution in [2.45, 2.75) is 57.7 Å². The second-order valence-electron chi connectivity index (χ2n) is 7.56. The molecule has 0 N–H and O–H groups in total. The van der Waals surface area contributed by atoms with E-state index < -0.39 is 0 Å². The molecule has 0 unspecified atom stereocenters. The lowest BCUT2D eigenvalue weighted by atomic mass is 9.68. The molecule has 23 heavy (non-hydrogen) atoms. The van der Waals surface area contributed by atoms with E-state index in [0.29, 0.717) is 16.2 Å². The predicted molar refractivity (Wildman–Crippen MR) is 100 cm³/mol. The Morgan fingerprint density at radius 2 is 2.04 bits per heavy atom. The van der Waals surface area contributed by atoms with E-state index in [1.54, 1.807) is 0 Å². The standard InChI is InChI=1S/C19H26ClNOS/c1-4-18(2,3)14-8-10-19(11-9-14)21(17(22)13-23-19)16-7-5-6-15(20)12-16/h5-7,12,14H,4,8-11,13H2,1-3H3. The van der Waals surface area contributed by atoms with Crippen LogP contribution >= 0.6 is 23.4 Å². The van der Waals surface area contributed by atoms with Crippen molar-refractivity contribution in [3.63, 3.8) is 0 Å². The van der Waals surface area contributed by atoms with E-state index >= 15 is 0 Å². The third-order valence-corrected chi connectivity index (χ3v) is 7.73. The van der Waals surface area contributed by atoms with Crippen molar-refractivity contribution in [3.8, 4) is 0 Å². The van der Waals surface area contributed by atoms with Gasteiger partial charge in [-0.05, 0) is 55.2 Å². The zero-order valence-corrected chi connectivity index (χ0v) is 15.8. The molecular formula is C19H26ClNOS. The summed E-state index contributed by atoms with van der Waals surface area (Å²) in [6.45, 7) is 7.06. The van der Waals surface area contributed by atoms with Crippen molar-refractivity contribution < 1.29 is 4.79 Å². The molecule has 1 aliphatic carbocycles. The number of rotatable bonds is 3. The fraction of sp³-hybridized carbons (Fsp3) is 0.632. The third kappa shape index (κ3) is 3.15. The van der Waals surface area contributed by atoms with Gasteiger partial charge in [0.2, 0.25) is 5.91 Å². The van der Waals surface area contributed by atoms with E-state index in [0.717, 1.165) is 24.4 Å². The summed E-state index contributed by atoms with van der Waals surface area (Å²) in [5.41, 5.74) is 1.36. The normalized spacial score (nSPS) is 28.6. The van der Waals surface area contributed by atoms with Gasteiger partial charge in [-0.3, -0.25) is 9.69 Å². The van der Waals surface area contributed by atoms with Crippen LogP contribution in [-0.2, 0) is 4.79 Å². The molecule has 1 aromatic rings. The van der Waals surface area contributed by atoms with Gasteiger partial charge in [0.05, 0.1) is 10.6 Å². The average molecular weight is 352 g/mol. The van der Waals surface area contributed by atoms with Gasteiger partial charge in [-0.25, -0.2) is 0 Å². The van der Waals surface area contributed by atoms with Crippen LogP contribution in [0.4, 0.5) is 5.69 Å². The summed E-state index contributed by atoms with van der Waals surface area (Å²) in [6, 6.07) is 7.74. The molecule has 126 valence electrons. The number of benzene rings is 1. The van der Waals surface area contributed by atoms with Crippen LogP contribution in [-0.4, -0.2) is 16.5 Å². The Hall–Kier alpha value is -0.670. The quantitative estimate of drug-likeness (QED) is 0.691. The highest BCUT2D eigenvalue weighted by Gasteiger charge is 2.50. The summed E-state index contributed by atoms with van der Waals surface area (Å²) >= 11 is 7.99. The molecule has 1 saturated carbocycles. The summed E-state index contributed by atoms with van der Waals surface area (Å²) in [7, 11) is 0. The summed E-state index contributed by atoms with van der Waals surface area (Å²) in [5, 5.41) is 0.697. The lowest BCUT2D eigenvalue weighted by Gasteiger charge is -2.46. The van der Waals surface area contributed by atoms with Crippen LogP contribution in [0.1, 0.15) is 52.9 Å². The number of thioether (sulfide) groups is 1. The lowest BCUT2D eigenvalue weighted by Crippen LogP contribution is -2.48. The van der Waals surface area contributed by atoms with E-state index in [1.807, 2.05) is 40.9 Å². The van der Waals surface area contributed by atoms with Gasteiger partial charge >= 0.3 is 0 Å². The SMILES string of the molecule is CCC(C)(C)C1CCC2(CC1)SCC(=O)N2c1cccc(Cl)c1. The van der Waals surface area contributed by atoms with Crippen LogP contribution in [0.2, 0.25) is 5.02 Å². The first-order chi connectivity index (χ1) is 10.9. The maximum absolute atomic E-state index is 12.6. The predicted octanol–water partition coefficient (Wildman–Crippen LogP) is 5.74. The molecule has 0 bridgehead atoms. The fourth-order valence-electron chi connectivity index (χ4n) is 4.05. The number of hydrogen-bond acceptors (Lipinski definition) is 2. The molecular weight excluding hydrogens is 326 g/mol. The second kappa shape index (κ2) is 6.33. The molecule has 1 saturated heterocycles. The Bertz CT molecular complexity index is 593. The van der Waals surface area contributed by atoms with Crippen LogP contribution in [0.3, 0.4) is 0 Å². The summed E-state index contributed by atoms with van der Waals surface area (Å²) in [4.78, 5) is 14.5. The highest BCUT2D eigenvalue weighted by molar-refractivity contribution is 8.02. The molecule has 2 fully saturated rings. The van der Waals surface area contributed by atoms with Crippen molar-refractivity contribution in [3.05, 3.63) is 29.3 Å². The van der Waals surface area contributed by atoms with E-state index in [4.69, 9.17) is 11.6 Å². The lowest BCUT2D eigenvalue weighted by molar-refractivity contribution is -0.116. The number of carbonyl (C=O) groups excluding carboxylic acids is 1. The Morgan fingerprint density at radius 1 is 1.35 bits per heavy atom. The maximum atomic E-state index is 12.6. The molecule has 2 aliphatic rings. The van der Waals surface area contributed by atoms with Gasteiger partial charge in [-0.15, -0.1) is 11.8 Å². The molecule has 0 aromatic heterocycles. The smallest absolute Gasteiger partial charge is 0.238 e. The molecule has 1 aliphatic heterocycles.